The molecule has 7 heteroatoms. The van der Waals surface area contributed by atoms with Crippen molar-refractivity contribution in [3.8, 4) is 0 Å². The van der Waals surface area contributed by atoms with E-state index in [0.29, 0.717) is 18.0 Å². The van der Waals surface area contributed by atoms with Gasteiger partial charge in [0, 0.05) is 17.1 Å². The van der Waals surface area contributed by atoms with Gasteiger partial charge in [-0.25, -0.2) is 0 Å². The molecule has 0 unspecified atom stereocenters. The smallest absolute Gasteiger partial charge is 0.313 e. The van der Waals surface area contributed by atoms with Crippen LogP contribution < -0.4 is 5.32 Å². The second-order valence-corrected chi connectivity index (χ2v) is 9.49. The summed E-state index contributed by atoms with van der Waals surface area (Å²) in [5.74, 6) is -1.02. The highest BCUT2D eigenvalue weighted by Gasteiger charge is 2.52. The van der Waals surface area contributed by atoms with E-state index in [0.717, 1.165) is 5.56 Å². The molecule has 0 aromatic heterocycles. The van der Waals surface area contributed by atoms with Gasteiger partial charge in [-0.05, 0) is 44.9 Å². The summed E-state index contributed by atoms with van der Waals surface area (Å²) in [4.78, 5) is 28.2. The Bertz CT molecular complexity index is 846. The third-order valence-corrected chi connectivity index (χ3v) is 5.90. The third kappa shape index (κ3) is 5.37. The van der Waals surface area contributed by atoms with Crippen LogP contribution in [-0.4, -0.2) is 60.3 Å². The summed E-state index contributed by atoms with van der Waals surface area (Å²) in [5, 5.41) is 3.75. The summed E-state index contributed by atoms with van der Waals surface area (Å²) in [6.07, 6.45) is 5.26. The summed E-state index contributed by atoms with van der Waals surface area (Å²) in [6, 6.07) is 6.65. The van der Waals surface area contributed by atoms with E-state index in [2.05, 4.69) is 16.8 Å². The number of amides is 1. The zero-order valence-electron chi connectivity index (χ0n) is 18.5. The van der Waals surface area contributed by atoms with Crippen molar-refractivity contribution >= 4 is 23.5 Å². The SMILES string of the molecule is C=C[C@@H]1O[C@@H]2C=CCN([C@H](Cc3ccc(Cl)cc3)C(=O)NC(C)(C)C)[C@H]2[C@@H]1C(=O)OC. The maximum atomic E-state index is 13.4. The van der Waals surface area contributed by atoms with Crippen molar-refractivity contribution in [2.45, 2.75) is 57.0 Å². The van der Waals surface area contributed by atoms with Crippen molar-refractivity contribution in [2.24, 2.45) is 5.92 Å². The van der Waals surface area contributed by atoms with E-state index in [9.17, 15) is 9.59 Å². The first-order valence-electron chi connectivity index (χ1n) is 10.5. The Balaban J connectivity index is 1.98. The van der Waals surface area contributed by atoms with Crippen LogP contribution in [0.5, 0.6) is 0 Å². The maximum absolute atomic E-state index is 13.4. The van der Waals surface area contributed by atoms with E-state index >= 15 is 0 Å². The molecule has 1 aromatic rings. The number of hydrogen-bond acceptors (Lipinski definition) is 5. The zero-order chi connectivity index (χ0) is 22.8. The maximum Gasteiger partial charge on any atom is 0.313 e. The number of halogens is 1. The van der Waals surface area contributed by atoms with Crippen LogP contribution in [0.1, 0.15) is 26.3 Å². The summed E-state index contributed by atoms with van der Waals surface area (Å²) >= 11 is 6.05. The fourth-order valence-electron chi connectivity index (χ4n) is 4.34. The van der Waals surface area contributed by atoms with Crippen molar-refractivity contribution in [1.29, 1.82) is 0 Å². The number of carbonyl (C=O) groups is 2. The number of nitrogens with one attached hydrogen (secondary N) is 1. The predicted octanol–water partition coefficient (Wildman–Crippen LogP) is 3.15. The minimum atomic E-state index is -0.562. The van der Waals surface area contributed by atoms with Crippen molar-refractivity contribution in [1.82, 2.24) is 10.2 Å². The van der Waals surface area contributed by atoms with E-state index in [4.69, 9.17) is 21.1 Å². The Morgan fingerprint density at radius 3 is 2.61 bits per heavy atom. The Morgan fingerprint density at radius 1 is 1.35 bits per heavy atom. The van der Waals surface area contributed by atoms with Crippen LogP contribution in [0.2, 0.25) is 5.02 Å². The Labute approximate surface area is 189 Å². The number of methoxy groups -OCH3 is 1. The number of esters is 1. The lowest BCUT2D eigenvalue weighted by atomic mass is 9.87. The molecule has 5 atom stereocenters. The van der Waals surface area contributed by atoms with Crippen LogP contribution in [-0.2, 0) is 25.5 Å². The molecule has 0 saturated carbocycles. The average Bonchev–Trinajstić information content (AvgIpc) is 3.10. The highest BCUT2D eigenvalue weighted by Crippen LogP contribution is 2.37. The van der Waals surface area contributed by atoms with Crippen LogP contribution in [0.3, 0.4) is 0 Å². The number of ether oxygens (including phenoxy) is 2. The van der Waals surface area contributed by atoms with Gasteiger partial charge in [-0.1, -0.05) is 42.0 Å². The van der Waals surface area contributed by atoms with Gasteiger partial charge in [0.15, 0.2) is 0 Å². The lowest BCUT2D eigenvalue weighted by Crippen LogP contribution is -2.60. The van der Waals surface area contributed by atoms with Crippen LogP contribution in [0.4, 0.5) is 0 Å². The fraction of sp³-hybridized carbons (Fsp3) is 0.500. The highest BCUT2D eigenvalue weighted by atomic mass is 35.5. The monoisotopic (exact) mass is 446 g/mol. The van der Waals surface area contributed by atoms with E-state index in [-0.39, 0.29) is 24.0 Å². The van der Waals surface area contributed by atoms with Gasteiger partial charge >= 0.3 is 5.97 Å². The molecule has 168 valence electrons. The number of hydrogen-bond donors (Lipinski definition) is 1. The molecule has 0 bridgehead atoms. The normalized spacial score (nSPS) is 26.7. The average molecular weight is 447 g/mol. The van der Waals surface area contributed by atoms with Gasteiger partial charge in [0.1, 0.15) is 5.92 Å². The first kappa shape index (κ1) is 23.5. The highest BCUT2D eigenvalue weighted by molar-refractivity contribution is 6.30. The molecular weight excluding hydrogens is 416 g/mol. The lowest BCUT2D eigenvalue weighted by molar-refractivity contribution is -0.149. The van der Waals surface area contributed by atoms with Crippen LogP contribution in [0.15, 0.2) is 49.1 Å². The minimum Gasteiger partial charge on any atom is -0.469 e. The number of fused-ring (bicyclic) bond motifs is 1. The molecule has 0 radical (unpaired) electrons. The summed E-state index contributed by atoms with van der Waals surface area (Å²) in [7, 11) is 1.37. The standard InChI is InChI=1S/C24H31ClN2O4/c1-6-18-20(23(29)30-5)21-19(31-18)8-7-13-27(21)17(22(28)26-24(2,3)4)14-15-9-11-16(25)12-10-15/h6-12,17-21H,1,13-14H2,2-5H3,(H,26,28)/t17-,18+,19-,20-,21-/m1/s1. The molecule has 31 heavy (non-hydrogen) atoms. The topological polar surface area (TPSA) is 67.9 Å². The van der Waals surface area contributed by atoms with Crippen molar-refractivity contribution < 1.29 is 19.1 Å². The Hall–Kier alpha value is -2.15. The molecule has 2 heterocycles. The first-order valence-corrected chi connectivity index (χ1v) is 10.9. The molecule has 0 aliphatic carbocycles. The van der Waals surface area contributed by atoms with E-state index < -0.39 is 23.6 Å². The molecule has 6 nitrogen and oxygen atoms in total. The van der Waals surface area contributed by atoms with Crippen molar-refractivity contribution in [2.75, 3.05) is 13.7 Å². The summed E-state index contributed by atoms with van der Waals surface area (Å²) < 4.78 is 11.2. The second kappa shape index (κ2) is 9.55. The van der Waals surface area contributed by atoms with Crippen LogP contribution in [0.25, 0.3) is 0 Å². The van der Waals surface area contributed by atoms with Gasteiger partial charge in [0.25, 0.3) is 0 Å². The van der Waals surface area contributed by atoms with Gasteiger partial charge in [0.2, 0.25) is 5.91 Å². The second-order valence-electron chi connectivity index (χ2n) is 9.05. The quantitative estimate of drug-likeness (QED) is 0.537. The molecule has 2 aliphatic rings. The van der Waals surface area contributed by atoms with E-state index in [1.807, 2.05) is 57.2 Å². The van der Waals surface area contributed by atoms with Gasteiger partial charge < -0.3 is 14.8 Å². The molecule has 2 aliphatic heterocycles. The molecule has 0 spiro atoms. The van der Waals surface area contributed by atoms with Gasteiger partial charge in [-0.3, -0.25) is 14.5 Å². The molecule has 1 N–H and O–H groups in total. The Morgan fingerprint density at radius 2 is 2.03 bits per heavy atom. The van der Waals surface area contributed by atoms with Crippen molar-refractivity contribution in [3.05, 3.63) is 59.7 Å². The van der Waals surface area contributed by atoms with Gasteiger partial charge in [-0.2, -0.15) is 0 Å². The number of benzene rings is 1. The molecule has 1 saturated heterocycles. The molecule has 1 fully saturated rings. The van der Waals surface area contributed by atoms with Gasteiger partial charge in [0.05, 0.1) is 31.4 Å². The van der Waals surface area contributed by atoms with Gasteiger partial charge in [-0.15, -0.1) is 6.58 Å². The Kier molecular flexibility index (Phi) is 7.24. The minimum absolute atomic E-state index is 0.0952. The lowest BCUT2D eigenvalue weighted by Gasteiger charge is -2.41. The van der Waals surface area contributed by atoms with E-state index in [1.165, 1.54) is 7.11 Å². The fourth-order valence-corrected chi connectivity index (χ4v) is 4.47. The molecule has 3 rings (SSSR count). The predicted molar refractivity (Wildman–Crippen MR) is 121 cm³/mol. The van der Waals surface area contributed by atoms with Crippen molar-refractivity contribution in [3.63, 3.8) is 0 Å². The number of rotatable bonds is 6. The van der Waals surface area contributed by atoms with E-state index in [1.54, 1.807) is 6.08 Å². The third-order valence-electron chi connectivity index (χ3n) is 5.65. The van der Waals surface area contributed by atoms with Crippen LogP contribution in [0, 0.1) is 5.92 Å². The summed E-state index contributed by atoms with van der Waals surface area (Å²) in [6.45, 7) is 10.2. The molecule has 1 amide bonds. The number of carbonyl (C=O) groups excluding carboxylic acids is 2. The molecule has 1 aromatic carbocycles. The first-order chi connectivity index (χ1) is 14.6. The zero-order valence-corrected chi connectivity index (χ0v) is 19.3. The number of nitrogens with zero attached hydrogens (tertiary/aromatic N) is 1. The molecular formula is C24H31ClN2O4. The largest absolute Gasteiger partial charge is 0.469 e. The van der Waals surface area contributed by atoms with Crippen LogP contribution >= 0.6 is 11.6 Å². The summed E-state index contributed by atoms with van der Waals surface area (Å²) in [5.41, 5.74) is 0.594.